The van der Waals surface area contributed by atoms with E-state index in [9.17, 15) is 0 Å². The van der Waals surface area contributed by atoms with E-state index in [1.54, 1.807) is 7.11 Å². The summed E-state index contributed by atoms with van der Waals surface area (Å²) in [5, 5.41) is 3.60. The van der Waals surface area contributed by atoms with Gasteiger partial charge in [0.05, 0.1) is 7.11 Å². The van der Waals surface area contributed by atoms with Crippen LogP contribution in [0.3, 0.4) is 0 Å². The maximum Gasteiger partial charge on any atom is 0.123 e. The summed E-state index contributed by atoms with van der Waals surface area (Å²) in [7, 11) is 1.74. The lowest BCUT2D eigenvalue weighted by Gasteiger charge is -2.23. The Morgan fingerprint density at radius 1 is 1.30 bits per heavy atom. The largest absolute Gasteiger partial charge is 0.496 e. The van der Waals surface area contributed by atoms with Crippen LogP contribution in [0.15, 0.2) is 12.1 Å². The van der Waals surface area contributed by atoms with Crippen LogP contribution in [0.5, 0.6) is 11.5 Å². The second-order valence-corrected chi connectivity index (χ2v) is 5.67. The predicted molar refractivity (Wildman–Crippen MR) is 77.5 cm³/mol. The average Bonchev–Trinajstić information content (AvgIpc) is 2.84. The minimum absolute atomic E-state index is 0.272. The van der Waals surface area contributed by atoms with Crippen molar-refractivity contribution in [2.75, 3.05) is 20.3 Å². The quantitative estimate of drug-likeness (QED) is 0.916. The van der Waals surface area contributed by atoms with E-state index in [-0.39, 0.29) is 6.10 Å². The Bertz CT molecular complexity index is 469. The van der Waals surface area contributed by atoms with Crippen molar-refractivity contribution in [2.45, 2.75) is 44.9 Å². The van der Waals surface area contributed by atoms with Crippen LogP contribution in [0.25, 0.3) is 0 Å². The highest BCUT2D eigenvalue weighted by molar-refractivity contribution is 5.48. The maximum atomic E-state index is 5.84. The number of hydrogen-bond acceptors (Lipinski definition) is 4. The van der Waals surface area contributed by atoms with Crippen LogP contribution in [0.1, 0.15) is 30.9 Å². The van der Waals surface area contributed by atoms with Crippen molar-refractivity contribution in [1.29, 1.82) is 0 Å². The zero-order chi connectivity index (χ0) is 13.9. The topological polar surface area (TPSA) is 39.7 Å². The fourth-order valence-electron chi connectivity index (χ4n) is 2.97. The zero-order valence-corrected chi connectivity index (χ0v) is 12.3. The van der Waals surface area contributed by atoms with E-state index in [0.29, 0.717) is 6.04 Å². The molecule has 0 unspecified atom stereocenters. The van der Waals surface area contributed by atoms with Gasteiger partial charge in [-0.3, -0.25) is 0 Å². The number of fused-ring (bicyclic) bond motifs is 1. The lowest BCUT2D eigenvalue weighted by atomic mass is 10.0. The van der Waals surface area contributed by atoms with Gasteiger partial charge in [0, 0.05) is 43.3 Å². The number of hydrogen-bond donors (Lipinski definition) is 1. The second-order valence-electron chi connectivity index (χ2n) is 5.67. The molecular weight excluding hydrogens is 254 g/mol. The highest BCUT2D eigenvalue weighted by Crippen LogP contribution is 2.35. The first-order valence-corrected chi connectivity index (χ1v) is 7.44. The second kappa shape index (κ2) is 6.02. The summed E-state index contributed by atoms with van der Waals surface area (Å²) in [4.78, 5) is 0. The maximum absolute atomic E-state index is 5.84. The van der Waals surface area contributed by atoms with Crippen molar-refractivity contribution in [2.24, 2.45) is 0 Å². The van der Waals surface area contributed by atoms with Crippen LogP contribution >= 0.6 is 0 Å². The number of methoxy groups -OCH3 is 1. The molecule has 1 aromatic carbocycles. The van der Waals surface area contributed by atoms with Crippen LogP contribution < -0.4 is 14.8 Å². The van der Waals surface area contributed by atoms with Gasteiger partial charge in [0.1, 0.15) is 17.6 Å². The molecule has 1 saturated heterocycles. The molecule has 4 nitrogen and oxygen atoms in total. The number of benzene rings is 1. The standard InChI is InChI=1S/C16H23NO3/c1-11-7-12-8-15(18-2)13(9-16(12)20-11)10-17-14-3-5-19-6-4-14/h8-9,11,14,17H,3-7,10H2,1-2H3/t11-/m0/s1. The van der Waals surface area contributed by atoms with Gasteiger partial charge >= 0.3 is 0 Å². The number of nitrogens with one attached hydrogen (secondary N) is 1. The molecule has 0 spiro atoms. The van der Waals surface area contributed by atoms with Gasteiger partial charge in [-0.2, -0.15) is 0 Å². The van der Waals surface area contributed by atoms with Crippen LogP contribution in [-0.2, 0) is 17.7 Å². The highest BCUT2D eigenvalue weighted by atomic mass is 16.5. The molecule has 0 radical (unpaired) electrons. The molecule has 0 aromatic heterocycles. The molecule has 0 bridgehead atoms. The van der Waals surface area contributed by atoms with Gasteiger partial charge in [-0.25, -0.2) is 0 Å². The average molecular weight is 277 g/mol. The molecule has 20 heavy (non-hydrogen) atoms. The molecule has 1 aromatic rings. The number of rotatable bonds is 4. The minimum atomic E-state index is 0.272. The Balaban J connectivity index is 1.70. The molecule has 1 atom stereocenters. The van der Waals surface area contributed by atoms with E-state index in [0.717, 1.165) is 50.5 Å². The molecular formula is C16H23NO3. The number of ether oxygens (including phenoxy) is 3. The van der Waals surface area contributed by atoms with Gasteiger partial charge in [-0.15, -0.1) is 0 Å². The summed E-state index contributed by atoms with van der Waals surface area (Å²) >= 11 is 0. The third kappa shape index (κ3) is 2.91. The zero-order valence-electron chi connectivity index (χ0n) is 12.3. The Kier molecular flexibility index (Phi) is 4.13. The van der Waals surface area contributed by atoms with Crippen LogP contribution in [0.2, 0.25) is 0 Å². The van der Waals surface area contributed by atoms with Gasteiger partial charge in [-0.05, 0) is 31.9 Å². The van der Waals surface area contributed by atoms with Gasteiger partial charge in [-0.1, -0.05) is 0 Å². The molecule has 1 fully saturated rings. The Morgan fingerprint density at radius 3 is 2.85 bits per heavy atom. The predicted octanol–water partition coefficient (Wildman–Crippen LogP) is 2.29. The summed E-state index contributed by atoms with van der Waals surface area (Å²) < 4.78 is 16.7. The minimum Gasteiger partial charge on any atom is -0.496 e. The summed E-state index contributed by atoms with van der Waals surface area (Å²) in [6.45, 7) is 4.64. The summed E-state index contributed by atoms with van der Waals surface area (Å²) in [5.74, 6) is 1.98. The monoisotopic (exact) mass is 277 g/mol. The van der Waals surface area contributed by atoms with E-state index >= 15 is 0 Å². The van der Waals surface area contributed by atoms with Crippen LogP contribution in [0.4, 0.5) is 0 Å². The van der Waals surface area contributed by atoms with E-state index < -0.39 is 0 Å². The van der Waals surface area contributed by atoms with Crippen molar-refractivity contribution in [3.63, 3.8) is 0 Å². The molecule has 2 aliphatic heterocycles. The molecule has 0 amide bonds. The van der Waals surface area contributed by atoms with E-state index in [4.69, 9.17) is 14.2 Å². The molecule has 4 heteroatoms. The highest BCUT2D eigenvalue weighted by Gasteiger charge is 2.22. The van der Waals surface area contributed by atoms with Gasteiger partial charge in [0.15, 0.2) is 0 Å². The fraction of sp³-hybridized carbons (Fsp3) is 0.625. The molecule has 2 aliphatic rings. The molecule has 0 saturated carbocycles. The third-order valence-electron chi connectivity index (χ3n) is 4.10. The first kappa shape index (κ1) is 13.7. The third-order valence-corrected chi connectivity index (χ3v) is 4.10. The van der Waals surface area contributed by atoms with Crippen molar-refractivity contribution < 1.29 is 14.2 Å². The first-order chi connectivity index (χ1) is 9.76. The van der Waals surface area contributed by atoms with E-state index in [1.807, 2.05) is 0 Å². The Hall–Kier alpha value is -1.26. The van der Waals surface area contributed by atoms with Crippen LogP contribution in [0, 0.1) is 0 Å². The normalized spacial score (nSPS) is 22.4. The van der Waals surface area contributed by atoms with Gasteiger partial charge in [0.2, 0.25) is 0 Å². The summed E-state index contributed by atoms with van der Waals surface area (Å²) in [6.07, 6.45) is 3.41. The van der Waals surface area contributed by atoms with E-state index in [1.165, 1.54) is 11.1 Å². The smallest absolute Gasteiger partial charge is 0.123 e. The molecule has 3 rings (SSSR count). The Morgan fingerprint density at radius 2 is 2.10 bits per heavy atom. The van der Waals surface area contributed by atoms with Gasteiger partial charge in [0.25, 0.3) is 0 Å². The molecule has 110 valence electrons. The molecule has 2 heterocycles. The molecule has 1 N–H and O–H groups in total. The molecule has 0 aliphatic carbocycles. The SMILES string of the molecule is COc1cc2c(cc1CNC1CCOCC1)O[C@@H](C)C2. The lowest BCUT2D eigenvalue weighted by Crippen LogP contribution is -2.34. The summed E-state index contributed by atoms with van der Waals surface area (Å²) in [6, 6.07) is 4.80. The van der Waals surface area contributed by atoms with Crippen molar-refractivity contribution in [1.82, 2.24) is 5.32 Å². The van der Waals surface area contributed by atoms with Crippen LogP contribution in [-0.4, -0.2) is 32.5 Å². The summed E-state index contributed by atoms with van der Waals surface area (Å²) in [5.41, 5.74) is 2.43. The van der Waals surface area contributed by atoms with Crippen molar-refractivity contribution in [3.05, 3.63) is 23.3 Å². The Labute approximate surface area is 120 Å². The van der Waals surface area contributed by atoms with Crippen molar-refractivity contribution in [3.8, 4) is 11.5 Å². The van der Waals surface area contributed by atoms with Crippen molar-refractivity contribution >= 4 is 0 Å². The van der Waals surface area contributed by atoms with Gasteiger partial charge < -0.3 is 19.5 Å². The first-order valence-electron chi connectivity index (χ1n) is 7.44. The fourth-order valence-corrected chi connectivity index (χ4v) is 2.97. The lowest BCUT2D eigenvalue weighted by molar-refractivity contribution is 0.0775. The van der Waals surface area contributed by atoms with E-state index in [2.05, 4.69) is 24.4 Å².